The number of pyridine rings is 1. The molecule has 0 radical (unpaired) electrons. The third kappa shape index (κ3) is 1.73. The fraction of sp³-hybridized carbons (Fsp3) is 0.0769. The van der Waals surface area contributed by atoms with Crippen molar-refractivity contribution in [2.75, 3.05) is 4.90 Å². The summed E-state index contributed by atoms with van der Waals surface area (Å²) in [6.45, 7) is 0.527. The average Bonchev–Trinajstić information content (AvgIpc) is 2.39. The second-order valence-electron chi connectivity index (χ2n) is 3.77. The van der Waals surface area contributed by atoms with E-state index in [4.69, 9.17) is 4.74 Å². The summed E-state index contributed by atoms with van der Waals surface area (Å²) in [7, 11) is 0. The zero-order valence-electron chi connectivity index (χ0n) is 9.04. The number of nitrogens with zero attached hydrogens (tertiary/aromatic N) is 2. The van der Waals surface area contributed by atoms with Crippen LogP contribution in [0.4, 0.5) is 10.5 Å². The van der Waals surface area contributed by atoms with Crippen LogP contribution in [-0.4, -0.2) is 11.1 Å². The zero-order chi connectivity index (χ0) is 11.7. The van der Waals surface area contributed by atoms with Crippen LogP contribution in [0.3, 0.4) is 0 Å². The smallest absolute Gasteiger partial charge is 0.410 e. The van der Waals surface area contributed by atoms with Gasteiger partial charge in [-0.15, -0.1) is 0 Å². The summed E-state index contributed by atoms with van der Waals surface area (Å²) < 4.78 is 5.27. The Morgan fingerprint density at radius 2 is 1.88 bits per heavy atom. The molecule has 0 aliphatic carbocycles. The molecule has 0 bridgehead atoms. The molecule has 1 aromatic heterocycles. The molecule has 0 saturated heterocycles. The molecule has 0 saturated carbocycles. The summed E-state index contributed by atoms with van der Waals surface area (Å²) in [5.74, 6) is 0.641. The number of fused-ring (bicyclic) bond motifs is 1. The summed E-state index contributed by atoms with van der Waals surface area (Å²) in [6.07, 6.45) is 2.96. The van der Waals surface area contributed by atoms with Gasteiger partial charge in [0.05, 0.1) is 12.2 Å². The van der Waals surface area contributed by atoms with Gasteiger partial charge in [-0.25, -0.2) is 4.79 Å². The Hall–Kier alpha value is -2.36. The first-order valence-electron chi connectivity index (χ1n) is 5.32. The molecule has 1 amide bonds. The maximum absolute atomic E-state index is 11.8. The summed E-state index contributed by atoms with van der Waals surface area (Å²) in [6, 6.07) is 11.1. The van der Waals surface area contributed by atoms with Crippen molar-refractivity contribution in [2.24, 2.45) is 0 Å². The molecule has 2 aromatic rings. The van der Waals surface area contributed by atoms with Gasteiger partial charge in [-0.1, -0.05) is 18.2 Å². The molecular weight excluding hydrogens is 216 g/mol. The van der Waals surface area contributed by atoms with Crippen molar-refractivity contribution in [3.8, 4) is 5.75 Å². The molecule has 3 rings (SSSR count). The number of benzene rings is 1. The third-order valence-corrected chi connectivity index (χ3v) is 2.69. The van der Waals surface area contributed by atoms with Gasteiger partial charge in [0, 0.05) is 18.0 Å². The maximum atomic E-state index is 11.8. The Kier molecular flexibility index (Phi) is 2.26. The van der Waals surface area contributed by atoms with E-state index >= 15 is 0 Å². The molecule has 84 valence electrons. The van der Waals surface area contributed by atoms with E-state index in [-0.39, 0.29) is 6.09 Å². The quantitative estimate of drug-likeness (QED) is 0.750. The van der Waals surface area contributed by atoms with Crippen molar-refractivity contribution in [3.05, 3.63) is 54.4 Å². The van der Waals surface area contributed by atoms with E-state index < -0.39 is 0 Å². The number of hydrogen-bond acceptors (Lipinski definition) is 3. The summed E-state index contributed by atoms with van der Waals surface area (Å²) >= 11 is 0. The number of rotatable bonds is 1. The molecular formula is C13H10N2O2. The van der Waals surface area contributed by atoms with Crippen LogP contribution < -0.4 is 9.64 Å². The van der Waals surface area contributed by atoms with Crippen LogP contribution in [0.15, 0.2) is 48.8 Å². The van der Waals surface area contributed by atoms with E-state index in [0.717, 1.165) is 11.3 Å². The van der Waals surface area contributed by atoms with Crippen molar-refractivity contribution in [2.45, 2.75) is 6.54 Å². The lowest BCUT2D eigenvalue weighted by Gasteiger charge is -2.27. The number of para-hydroxylation sites is 1. The van der Waals surface area contributed by atoms with Crippen molar-refractivity contribution in [1.29, 1.82) is 0 Å². The lowest BCUT2D eigenvalue weighted by Crippen LogP contribution is -2.36. The molecule has 0 fully saturated rings. The molecule has 1 aromatic carbocycles. The van der Waals surface area contributed by atoms with Gasteiger partial charge < -0.3 is 4.74 Å². The predicted molar refractivity (Wildman–Crippen MR) is 62.9 cm³/mol. The molecule has 0 spiro atoms. The highest BCUT2D eigenvalue weighted by atomic mass is 16.6. The number of carbonyl (C=O) groups is 1. The monoisotopic (exact) mass is 226 g/mol. The maximum Gasteiger partial charge on any atom is 0.420 e. The fourth-order valence-electron chi connectivity index (χ4n) is 1.84. The minimum absolute atomic E-state index is 0.352. The van der Waals surface area contributed by atoms with Gasteiger partial charge in [-0.05, 0) is 18.2 Å². The van der Waals surface area contributed by atoms with Crippen molar-refractivity contribution in [1.82, 2.24) is 4.98 Å². The average molecular weight is 226 g/mol. The lowest BCUT2D eigenvalue weighted by molar-refractivity contribution is 0.203. The molecule has 0 atom stereocenters. The number of aromatic nitrogens is 1. The Morgan fingerprint density at radius 3 is 2.71 bits per heavy atom. The van der Waals surface area contributed by atoms with Gasteiger partial charge in [0.2, 0.25) is 0 Å². The van der Waals surface area contributed by atoms with Crippen LogP contribution in [0.2, 0.25) is 0 Å². The van der Waals surface area contributed by atoms with Crippen LogP contribution in [0.25, 0.3) is 0 Å². The first-order chi connectivity index (χ1) is 8.34. The van der Waals surface area contributed by atoms with E-state index in [1.54, 1.807) is 35.5 Å². The highest BCUT2D eigenvalue weighted by Gasteiger charge is 2.25. The van der Waals surface area contributed by atoms with Crippen LogP contribution in [-0.2, 0) is 6.54 Å². The highest BCUT2D eigenvalue weighted by Crippen LogP contribution is 2.28. The first kappa shape index (κ1) is 9.84. The van der Waals surface area contributed by atoms with Gasteiger partial charge in [0.25, 0.3) is 0 Å². The topological polar surface area (TPSA) is 42.4 Å². The van der Waals surface area contributed by atoms with E-state index in [9.17, 15) is 4.79 Å². The van der Waals surface area contributed by atoms with Crippen LogP contribution >= 0.6 is 0 Å². The molecule has 17 heavy (non-hydrogen) atoms. The van der Waals surface area contributed by atoms with Gasteiger partial charge in [0.15, 0.2) is 0 Å². The largest absolute Gasteiger partial charge is 0.420 e. The predicted octanol–water partition coefficient (Wildman–Crippen LogP) is 2.60. The fourth-order valence-corrected chi connectivity index (χ4v) is 1.84. The van der Waals surface area contributed by atoms with E-state index in [0.29, 0.717) is 12.3 Å². The van der Waals surface area contributed by atoms with Gasteiger partial charge in [0.1, 0.15) is 5.75 Å². The number of carbonyl (C=O) groups excluding carboxylic acids is 1. The van der Waals surface area contributed by atoms with Crippen LogP contribution in [0, 0.1) is 0 Å². The van der Waals surface area contributed by atoms with Gasteiger partial charge >= 0.3 is 6.09 Å². The van der Waals surface area contributed by atoms with Crippen molar-refractivity contribution in [3.63, 3.8) is 0 Å². The molecule has 1 aliphatic rings. The minimum Gasteiger partial charge on any atom is -0.410 e. The van der Waals surface area contributed by atoms with E-state index in [2.05, 4.69) is 4.98 Å². The molecule has 4 heteroatoms. The summed E-state index contributed by atoms with van der Waals surface area (Å²) in [5, 5.41) is 0. The van der Waals surface area contributed by atoms with Gasteiger partial charge in [-0.2, -0.15) is 0 Å². The molecule has 2 heterocycles. The number of amides is 1. The van der Waals surface area contributed by atoms with E-state index in [1.165, 1.54) is 0 Å². The highest BCUT2D eigenvalue weighted by molar-refractivity contribution is 5.90. The Balaban J connectivity index is 1.98. The summed E-state index contributed by atoms with van der Waals surface area (Å²) in [4.78, 5) is 17.4. The SMILES string of the molecule is O=C1Oc2ccccc2CN1c1ccncc1. The Labute approximate surface area is 98.5 Å². The van der Waals surface area contributed by atoms with Crippen molar-refractivity contribution >= 4 is 11.8 Å². The Bertz CT molecular complexity index is 554. The third-order valence-electron chi connectivity index (χ3n) is 2.69. The molecule has 0 N–H and O–H groups in total. The van der Waals surface area contributed by atoms with E-state index in [1.807, 2.05) is 18.2 Å². The number of anilines is 1. The molecule has 1 aliphatic heterocycles. The number of hydrogen-bond donors (Lipinski definition) is 0. The standard InChI is InChI=1S/C13H10N2O2/c16-13-15(11-5-7-14-8-6-11)9-10-3-1-2-4-12(10)17-13/h1-8H,9H2. The number of ether oxygens (including phenoxy) is 1. The Morgan fingerprint density at radius 1 is 1.12 bits per heavy atom. The second-order valence-corrected chi connectivity index (χ2v) is 3.77. The zero-order valence-corrected chi connectivity index (χ0v) is 9.04. The van der Waals surface area contributed by atoms with Gasteiger partial charge in [-0.3, -0.25) is 9.88 Å². The summed E-state index contributed by atoms with van der Waals surface area (Å²) in [5.41, 5.74) is 1.79. The molecule has 4 nitrogen and oxygen atoms in total. The van der Waals surface area contributed by atoms with Crippen molar-refractivity contribution < 1.29 is 9.53 Å². The first-order valence-corrected chi connectivity index (χ1v) is 5.32. The second kappa shape index (κ2) is 3.90. The lowest BCUT2D eigenvalue weighted by atomic mass is 10.1. The normalized spacial score (nSPS) is 14.1. The van der Waals surface area contributed by atoms with Crippen LogP contribution in [0.5, 0.6) is 5.75 Å². The minimum atomic E-state index is -0.352. The van der Waals surface area contributed by atoms with Crippen LogP contribution in [0.1, 0.15) is 5.56 Å². The molecule has 0 unspecified atom stereocenters.